The van der Waals surface area contributed by atoms with E-state index in [1.165, 1.54) is 17.2 Å². The molecule has 2 aromatic carbocycles. The zero-order valence-electron chi connectivity index (χ0n) is 16.1. The third kappa shape index (κ3) is 6.04. The van der Waals surface area contributed by atoms with Crippen LogP contribution in [0.1, 0.15) is 29.5 Å². The number of halogens is 2. The van der Waals surface area contributed by atoms with Gasteiger partial charge in [0.1, 0.15) is 5.82 Å². The van der Waals surface area contributed by atoms with Crippen LogP contribution in [0.4, 0.5) is 4.39 Å². The third-order valence-corrected chi connectivity index (χ3v) is 4.82. The number of hydrogen-bond donors (Lipinski definition) is 2. The van der Waals surface area contributed by atoms with E-state index < -0.39 is 0 Å². The van der Waals surface area contributed by atoms with Crippen molar-refractivity contribution in [1.82, 2.24) is 10.2 Å². The average Bonchev–Trinajstić information content (AvgIpc) is 2.71. The van der Waals surface area contributed by atoms with Crippen LogP contribution in [-0.4, -0.2) is 36.1 Å². The Bertz CT molecular complexity index is 814. The fourth-order valence-electron chi connectivity index (χ4n) is 3.31. The first kappa shape index (κ1) is 22.4. The number of likely N-dealkylation sites (tertiary alicyclic amines) is 1. The van der Waals surface area contributed by atoms with Crippen LogP contribution in [0.5, 0.6) is 0 Å². The summed E-state index contributed by atoms with van der Waals surface area (Å²) in [5.41, 5.74) is 3.94. The quantitative estimate of drug-likeness (QED) is 0.380. The Morgan fingerprint density at radius 1 is 1.18 bits per heavy atom. The number of guanidine groups is 1. The van der Waals surface area contributed by atoms with Gasteiger partial charge in [0, 0.05) is 32.2 Å². The molecule has 1 aliphatic rings. The molecule has 0 bridgehead atoms. The average molecular weight is 495 g/mol. The maximum absolute atomic E-state index is 13.5. The number of nitrogens with zero attached hydrogens (tertiary/aromatic N) is 2. The van der Waals surface area contributed by atoms with Gasteiger partial charge in [-0.05, 0) is 36.1 Å². The summed E-state index contributed by atoms with van der Waals surface area (Å²) < 4.78 is 13.5. The Morgan fingerprint density at radius 2 is 1.89 bits per heavy atom. The van der Waals surface area contributed by atoms with Gasteiger partial charge in [0.2, 0.25) is 0 Å². The monoisotopic (exact) mass is 495 g/mol. The fraction of sp³-hybridized carbons (Fsp3) is 0.318. The van der Waals surface area contributed by atoms with Gasteiger partial charge in [0.15, 0.2) is 5.96 Å². The molecule has 150 valence electrons. The van der Waals surface area contributed by atoms with Crippen molar-refractivity contribution in [3.63, 3.8) is 0 Å². The van der Waals surface area contributed by atoms with Gasteiger partial charge in [0.25, 0.3) is 0 Å². The maximum atomic E-state index is 13.5. The Labute approximate surface area is 183 Å². The van der Waals surface area contributed by atoms with Gasteiger partial charge in [-0.15, -0.1) is 24.0 Å². The van der Waals surface area contributed by atoms with Crippen LogP contribution >= 0.6 is 24.0 Å². The minimum Gasteiger partial charge on any atom is -0.392 e. The van der Waals surface area contributed by atoms with Crippen LogP contribution in [0.3, 0.4) is 0 Å². The van der Waals surface area contributed by atoms with Crippen molar-refractivity contribution in [2.75, 3.05) is 20.1 Å². The molecule has 0 spiro atoms. The number of benzene rings is 2. The molecule has 0 saturated carbocycles. The van der Waals surface area contributed by atoms with E-state index in [2.05, 4.69) is 45.6 Å². The number of aliphatic hydroxyl groups is 1. The molecular formula is C22H27FIN3O. The molecule has 1 saturated heterocycles. The molecule has 3 rings (SSSR count). The predicted octanol–water partition coefficient (Wildman–Crippen LogP) is 4.19. The minimum atomic E-state index is -0.376. The summed E-state index contributed by atoms with van der Waals surface area (Å²) in [6, 6.07) is 15.2. The molecule has 1 fully saturated rings. The van der Waals surface area contributed by atoms with E-state index in [9.17, 15) is 9.50 Å². The Kier molecular flexibility index (Phi) is 8.92. The van der Waals surface area contributed by atoms with Crippen molar-refractivity contribution in [2.45, 2.75) is 26.0 Å². The molecule has 28 heavy (non-hydrogen) atoms. The summed E-state index contributed by atoms with van der Waals surface area (Å²) in [5.74, 6) is 0.475. The van der Waals surface area contributed by atoms with Gasteiger partial charge >= 0.3 is 0 Å². The number of hydrogen-bond acceptors (Lipinski definition) is 2. The zero-order chi connectivity index (χ0) is 19.1. The molecule has 0 unspecified atom stereocenters. The van der Waals surface area contributed by atoms with Gasteiger partial charge in [0.05, 0.1) is 6.61 Å². The number of rotatable bonds is 4. The molecule has 0 aromatic heterocycles. The maximum Gasteiger partial charge on any atom is 0.193 e. The molecule has 0 radical (unpaired) electrons. The second kappa shape index (κ2) is 11.2. The third-order valence-electron chi connectivity index (χ3n) is 4.82. The summed E-state index contributed by atoms with van der Waals surface area (Å²) >= 11 is 0. The van der Waals surface area contributed by atoms with Gasteiger partial charge in [-0.2, -0.15) is 0 Å². The van der Waals surface area contributed by atoms with E-state index in [0.717, 1.165) is 37.5 Å². The lowest BCUT2D eigenvalue weighted by molar-refractivity contribution is 0.275. The lowest BCUT2D eigenvalue weighted by Crippen LogP contribution is -2.44. The molecule has 0 amide bonds. The van der Waals surface area contributed by atoms with Crippen LogP contribution < -0.4 is 5.32 Å². The molecule has 2 N–H and O–H groups in total. The SMILES string of the molecule is CN=C(NCc1ccc(F)c(CO)c1)N1CCC(=Cc2ccccc2)CC1.I. The Morgan fingerprint density at radius 3 is 2.54 bits per heavy atom. The molecular weight excluding hydrogens is 468 g/mol. The summed E-state index contributed by atoms with van der Waals surface area (Å²) in [4.78, 5) is 6.63. The second-order valence-corrected chi connectivity index (χ2v) is 6.68. The number of piperidine rings is 1. The standard InChI is InChI=1S/C22H26FN3O.HI/c1-24-22(25-15-19-7-8-21(23)20(14-19)16-27)26-11-9-18(10-12-26)13-17-5-3-2-4-6-17;/h2-8,13-14,27H,9-12,15-16H2,1H3,(H,24,25);1H. The topological polar surface area (TPSA) is 47.9 Å². The van der Waals surface area contributed by atoms with Crippen molar-refractivity contribution in [3.05, 3.63) is 76.6 Å². The number of aliphatic imine (C=N–C) groups is 1. The number of aliphatic hydroxyl groups excluding tert-OH is 1. The van der Waals surface area contributed by atoms with Crippen LogP contribution in [0, 0.1) is 5.82 Å². The summed E-state index contributed by atoms with van der Waals surface area (Å²) in [5, 5.41) is 12.5. The molecule has 0 aliphatic carbocycles. The molecule has 6 heteroatoms. The summed E-state index contributed by atoms with van der Waals surface area (Å²) in [7, 11) is 1.78. The highest BCUT2D eigenvalue weighted by atomic mass is 127. The molecule has 0 atom stereocenters. The van der Waals surface area contributed by atoms with Crippen molar-refractivity contribution in [1.29, 1.82) is 0 Å². The fourth-order valence-corrected chi connectivity index (χ4v) is 3.31. The van der Waals surface area contributed by atoms with E-state index in [1.54, 1.807) is 19.2 Å². The highest BCUT2D eigenvalue weighted by Gasteiger charge is 2.17. The molecule has 1 heterocycles. The van der Waals surface area contributed by atoms with Gasteiger partial charge < -0.3 is 15.3 Å². The van der Waals surface area contributed by atoms with Crippen LogP contribution in [0.15, 0.2) is 59.1 Å². The van der Waals surface area contributed by atoms with Crippen LogP contribution in [0.2, 0.25) is 0 Å². The molecule has 1 aliphatic heterocycles. The van der Waals surface area contributed by atoms with Crippen molar-refractivity contribution >= 4 is 36.0 Å². The van der Waals surface area contributed by atoms with Crippen molar-refractivity contribution in [3.8, 4) is 0 Å². The Balaban J connectivity index is 0.00000280. The largest absolute Gasteiger partial charge is 0.392 e. The van der Waals surface area contributed by atoms with Gasteiger partial charge in [-0.25, -0.2) is 4.39 Å². The van der Waals surface area contributed by atoms with Gasteiger partial charge in [-0.1, -0.05) is 48.0 Å². The predicted molar refractivity (Wildman–Crippen MR) is 123 cm³/mol. The van der Waals surface area contributed by atoms with Crippen molar-refractivity contribution < 1.29 is 9.50 Å². The first-order chi connectivity index (χ1) is 13.2. The Hall–Kier alpha value is -1.93. The normalized spacial score (nSPS) is 14.5. The van der Waals surface area contributed by atoms with E-state index in [4.69, 9.17) is 0 Å². The summed E-state index contributed by atoms with van der Waals surface area (Å²) in [6.07, 6.45) is 4.31. The first-order valence-corrected chi connectivity index (χ1v) is 9.28. The van der Waals surface area contributed by atoms with Gasteiger partial charge in [-0.3, -0.25) is 4.99 Å². The van der Waals surface area contributed by atoms with E-state index in [-0.39, 0.29) is 36.4 Å². The zero-order valence-corrected chi connectivity index (χ0v) is 18.4. The first-order valence-electron chi connectivity index (χ1n) is 9.28. The van der Waals surface area contributed by atoms with Crippen LogP contribution in [0.25, 0.3) is 6.08 Å². The van der Waals surface area contributed by atoms with Crippen LogP contribution in [-0.2, 0) is 13.2 Å². The molecule has 4 nitrogen and oxygen atoms in total. The highest BCUT2D eigenvalue weighted by Crippen LogP contribution is 2.19. The smallest absolute Gasteiger partial charge is 0.193 e. The number of nitrogens with one attached hydrogen (secondary N) is 1. The second-order valence-electron chi connectivity index (χ2n) is 6.68. The van der Waals surface area contributed by atoms with E-state index in [0.29, 0.717) is 12.1 Å². The lowest BCUT2D eigenvalue weighted by atomic mass is 10.0. The minimum absolute atomic E-state index is 0. The lowest BCUT2D eigenvalue weighted by Gasteiger charge is -2.31. The highest BCUT2D eigenvalue weighted by molar-refractivity contribution is 14.0. The van der Waals surface area contributed by atoms with Crippen molar-refractivity contribution in [2.24, 2.45) is 4.99 Å². The molecule has 2 aromatic rings. The van der Waals surface area contributed by atoms with E-state index >= 15 is 0 Å². The summed E-state index contributed by atoms with van der Waals surface area (Å²) in [6.45, 7) is 2.09. The van der Waals surface area contributed by atoms with E-state index in [1.807, 2.05) is 6.07 Å².